The van der Waals surface area contributed by atoms with Crippen LogP contribution in [0.5, 0.6) is 11.5 Å². The van der Waals surface area contributed by atoms with Gasteiger partial charge < -0.3 is 14.2 Å². The first-order valence-electron chi connectivity index (χ1n) is 6.64. The average molecular weight is 311 g/mol. The van der Waals surface area contributed by atoms with E-state index < -0.39 is 11.9 Å². The van der Waals surface area contributed by atoms with Crippen molar-refractivity contribution < 1.29 is 23.8 Å². The maximum Gasteiger partial charge on any atom is 0.349 e. The maximum absolute atomic E-state index is 11.7. The van der Waals surface area contributed by atoms with E-state index in [-0.39, 0.29) is 17.9 Å². The molecule has 0 fully saturated rings. The van der Waals surface area contributed by atoms with Crippen LogP contribution < -0.4 is 9.47 Å². The zero-order chi connectivity index (χ0) is 16.7. The molecule has 6 heteroatoms. The third-order valence-electron chi connectivity index (χ3n) is 2.83. The van der Waals surface area contributed by atoms with Crippen LogP contribution in [-0.4, -0.2) is 25.7 Å². The van der Waals surface area contributed by atoms with E-state index >= 15 is 0 Å². The summed E-state index contributed by atoms with van der Waals surface area (Å²) in [6.07, 6.45) is 0. The average Bonchev–Trinajstić information content (AvgIpc) is 2.60. The number of benzene rings is 2. The first-order valence-corrected chi connectivity index (χ1v) is 6.64. The number of rotatable bonds is 5. The highest BCUT2D eigenvalue weighted by Crippen LogP contribution is 2.15. The Labute approximate surface area is 132 Å². The molecule has 0 spiro atoms. The van der Waals surface area contributed by atoms with Crippen molar-refractivity contribution in [1.29, 1.82) is 5.26 Å². The van der Waals surface area contributed by atoms with Crippen molar-refractivity contribution in [3.63, 3.8) is 0 Å². The molecule has 0 atom stereocenters. The normalized spacial score (nSPS) is 9.57. The Kier molecular flexibility index (Phi) is 5.31. The Bertz CT molecular complexity index is 746. The summed E-state index contributed by atoms with van der Waals surface area (Å²) in [5, 5.41) is 8.69. The highest BCUT2D eigenvalue weighted by atomic mass is 16.6. The predicted molar refractivity (Wildman–Crippen MR) is 80.1 cm³/mol. The van der Waals surface area contributed by atoms with Crippen molar-refractivity contribution in [3.8, 4) is 17.6 Å². The van der Waals surface area contributed by atoms with Gasteiger partial charge in [-0.1, -0.05) is 6.07 Å². The number of ether oxygens (including phenoxy) is 3. The summed E-state index contributed by atoms with van der Waals surface area (Å²) in [6, 6.07) is 14.4. The summed E-state index contributed by atoms with van der Waals surface area (Å²) in [6.45, 7) is -0.297. The van der Waals surface area contributed by atoms with Gasteiger partial charge in [0, 0.05) is 0 Å². The molecule has 0 aliphatic carbocycles. The fourth-order valence-electron chi connectivity index (χ4n) is 1.73. The molecule has 2 rings (SSSR count). The van der Waals surface area contributed by atoms with Gasteiger partial charge in [-0.25, -0.2) is 9.59 Å². The first-order chi connectivity index (χ1) is 11.1. The lowest BCUT2D eigenvalue weighted by molar-refractivity contribution is -0.136. The number of nitriles is 1. The van der Waals surface area contributed by atoms with E-state index in [1.165, 1.54) is 13.2 Å². The van der Waals surface area contributed by atoms with Gasteiger partial charge in [0.1, 0.15) is 11.5 Å². The third-order valence-corrected chi connectivity index (χ3v) is 2.83. The van der Waals surface area contributed by atoms with Gasteiger partial charge in [-0.2, -0.15) is 5.26 Å². The van der Waals surface area contributed by atoms with Crippen LogP contribution in [0.15, 0.2) is 48.5 Å². The standard InChI is InChI=1S/C17H13NO5/c1-21-17(20)13-3-2-4-15(9-13)23-16(19)11-22-14-7-5-12(10-18)6-8-14/h2-9H,11H2,1H3. The molecule has 0 unspecified atom stereocenters. The maximum atomic E-state index is 11.7. The monoisotopic (exact) mass is 311 g/mol. The van der Waals surface area contributed by atoms with Crippen molar-refractivity contribution in [3.05, 3.63) is 59.7 Å². The van der Waals surface area contributed by atoms with Crippen LogP contribution in [0, 0.1) is 11.3 Å². The summed E-state index contributed by atoms with van der Waals surface area (Å²) in [4.78, 5) is 23.1. The minimum atomic E-state index is -0.614. The van der Waals surface area contributed by atoms with E-state index in [1.54, 1.807) is 42.5 Å². The molecule has 0 aromatic heterocycles. The minimum Gasteiger partial charge on any atom is -0.482 e. The van der Waals surface area contributed by atoms with Gasteiger partial charge in [0.2, 0.25) is 0 Å². The number of esters is 2. The lowest BCUT2D eigenvalue weighted by Gasteiger charge is -2.07. The molecule has 0 aliphatic heterocycles. The number of hydrogen-bond acceptors (Lipinski definition) is 6. The molecular weight excluding hydrogens is 298 g/mol. The second-order valence-corrected chi connectivity index (χ2v) is 4.42. The number of methoxy groups -OCH3 is 1. The third kappa shape index (κ3) is 4.58. The largest absolute Gasteiger partial charge is 0.482 e. The lowest BCUT2D eigenvalue weighted by atomic mass is 10.2. The van der Waals surface area contributed by atoms with Crippen molar-refractivity contribution in [1.82, 2.24) is 0 Å². The highest BCUT2D eigenvalue weighted by molar-refractivity contribution is 5.90. The summed E-state index contributed by atoms with van der Waals surface area (Å²) < 4.78 is 14.9. The Morgan fingerprint density at radius 2 is 1.83 bits per heavy atom. The van der Waals surface area contributed by atoms with Crippen molar-refractivity contribution in [2.45, 2.75) is 0 Å². The topological polar surface area (TPSA) is 85.6 Å². The van der Waals surface area contributed by atoms with Crippen LogP contribution >= 0.6 is 0 Å². The van der Waals surface area contributed by atoms with Gasteiger partial charge in [-0.3, -0.25) is 0 Å². The Balaban J connectivity index is 1.91. The summed E-state index contributed by atoms with van der Waals surface area (Å²) in [5.41, 5.74) is 0.783. The Morgan fingerprint density at radius 3 is 2.48 bits per heavy atom. The molecule has 116 valence electrons. The molecule has 23 heavy (non-hydrogen) atoms. The van der Waals surface area contributed by atoms with E-state index in [1.807, 2.05) is 6.07 Å². The number of nitrogens with zero attached hydrogens (tertiary/aromatic N) is 1. The van der Waals surface area contributed by atoms with Crippen LogP contribution in [0.3, 0.4) is 0 Å². The van der Waals surface area contributed by atoms with Crippen LogP contribution in [-0.2, 0) is 9.53 Å². The predicted octanol–water partition coefficient (Wildman–Crippen LogP) is 2.33. The van der Waals surface area contributed by atoms with Crippen molar-refractivity contribution >= 4 is 11.9 Å². The van der Waals surface area contributed by atoms with Gasteiger partial charge in [0.25, 0.3) is 0 Å². The molecule has 0 saturated carbocycles. The summed E-state index contributed by atoms with van der Waals surface area (Å²) in [7, 11) is 1.27. The number of carbonyl (C=O) groups is 2. The van der Waals surface area contributed by atoms with Gasteiger partial charge in [-0.05, 0) is 42.5 Å². The molecule has 0 N–H and O–H groups in total. The fourth-order valence-corrected chi connectivity index (χ4v) is 1.73. The van der Waals surface area contributed by atoms with Gasteiger partial charge >= 0.3 is 11.9 Å². The van der Waals surface area contributed by atoms with E-state index in [4.69, 9.17) is 14.7 Å². The van der Waals surface area contributed by atoms with E-state index in [2.05, 4.69) is 4.74 Å². The molecular formula is C17H13NO5. The molecule has 0 radical (unpaired) electrons. The van der Waals surface area contributed by atoms with Crippen molar-refractivity contribution in [2.75, 3.05) is 13.7 Å². The van der Waals surface area contributed by atoms with E-state index in [0.717, 1.165) is 0 Å². The Hall–Kier alpha value is -3.33. The summed E-state index contributed by atoms with van der Waals surface area (Å²) in [5.74, 6) is -0.460. The number of hydrogen-bond donors (Lipinski definition) is 0. The molecule has 0 aliphatic rings. The van der Waals surface area contributed by atoms with E-state index in [0.29, 0.717) is 11.3 Å². The molecule has 2 aromatic rings. The van der Waals surface area contributed by atoms with Gasteiger partial charge in [-0.15, -0.1) is 0 Å². The van der Waals surface area contributed by atoms with Gasteiger partial charge in [0.15, 0.2) is 6.61 Å². The second kappa shape index (κ2) is 7.61. The molecule has 6 nitrogen and oxygen atoms in total. The van der Waals surface area contributed by atoms with Crippen LogP contribution in [0.25, 0.3) is 0 Å². The SMILES string of the molecule is COC(=O)c1cccc(OC(=O)COc2ccc(C#N)cc2)c1. The van der Waals surface area contributed by atoms with Crippen LogP contribution in [0.1, 0.15) is 15.9 Å². The summed E-state index contributed by atoms with van der Waals surface area (Å²) >= 11 is 0. The quantitative estimate of drug-likeness (QED) is 0.622. The lowest BCUT2D eigenvalue weighted by Crippen LogP contribution is -2.17. The smallest absolute Gasteiger partial charge is 0.349 e. The zero-order valence-corrected chi connectivity index (χ0v) is 12.3. The molecule has 0 amide bonds. The van der Waals surface area contributed by atoms with Gasteiger partial charge in [0.05, 0.1) is 24.3 Å². The first kappa shape index (κ1) is 16.0. The number of carbonyl (C=O) groups excluding carboxylic acids is 2. The van der Waals surface area contributed by atoms with Crippen LogP contribution in [0.4, 0.5) is 0 Å². The Morgan fingerprint density at radius 1 is 1.09 bits per heavy atom. The van der Waals surface area contributed by atoms with Crippen molar-refractivity contribution in [2.24, 2.45) is 0 Å². The zero-order valence-electron chi connectivity index (χ0n) is 12.3. The second-order valence-electron chi connectivity index (χ2n) is 4.42. The fraction of sp³-hybridized carbons (Fsp3) is 0.118. The highest BCUT2D eigenvalue weighted by Gasteiger charge is 2.10. The van der Waals surface area contributed by atoms with Crippen LogP contribution in [0.2, 0.25) is 0 Å². The molecule has 2 aromatic carbocycles. The molecule has 0 heterocycles. The molecule has 0 bridgehead atoms. The minimum absolute atomic E-state index is 0.223. The van der Waals surface area contributed by atoms with E-state index in [9.17, 15) is 9.59 Å². The molecule has 0 saturated heterocycles.